The first-order valence-electron chi connectivity index (χ1n) is 7.72. The fourth-order valence-corrected chi connectivity index (χ4v) is 3.39. The Bertz CT molecular complexity index is 500. The summed E-state index contributed by atoms with van der Waals surface area (Å²) in [5, 5.41) is 0. The maximum atomic E-state index is 12.0. The van der Waals surface area contributed by atoms with Crippen molar-refractivity contribution in [2.45, 2.75) is 51.9 Å². The number of hydrogen-bond acceptors (Lipinski definition) is 3. The Morgan fingerprint density at radius 1 is 1.00 bits per heavy atom. The molecule has 120 valence electrons. The van der Waals surface area contributed by atoms with Gasteiger partial charge in [-0.1, -0.05) is 57.6 Å². The van der Waals surface area contributed by atoms with Gasteiger partial charge < -0.3 is 4.74 Å². The highest BCUT2D eigenvalue weighted by atomic mass is 32.2. The number of nitrogens with one attached hydrogen (secondary N) is 1. The largest absolute Gasteiger partial charge is 0.495 e. The molecule has 0 aliphatic carbocycles. The minimum Gasteiger partial charge on any atom is -0.495 e. The molecular weight excluding hydrogens is 286 g/mol. The maximum Gasteiger partial charge on any atom is 0.232 e. The van der Waals surface area contributed by atoms with E-state index in [2.05, 4.69) is 11.6 Å². The first-order chi connectivity index (χ1) is 10.1. The van der Waals surface area contributed by atoms with Crippen molar-refractivity contribution in [2.24, 2.45) is 0 Å². The van der Waals surface area contributed by atoms with E-state index >= 15 is 0 Å². The Hall–Kier alpha value is -1.23. The molecular formula is C16H27NO3S. The van der Waals surface area contributed by atoms with E-state index in [1.54, 1.807) is 18.2 Å². The van der Waals surface area contributed by atoms with Gasteiger partial charge in [-0.2, -0.15) is 0 Å². The molecule has 0 atom stereocenters. The van der Waals surface area contributed by atoms with Gasteiger partial charge in [-0.25, -0.2) is 8.42 Å². The first-order valence-corrected chi connectivity index (χ1v) is 9.38. The van der Waals surface area contributed by atoms with Crippen LogP contribution in [0.5, 0.6) is 5.75 Å². The summed E-state index contributed by atoms with van der Waals surface area (Å²) < 4.78 is 31.8. The number of anilines is 1. The van der Waals surface area contributed by atoms with Gasteiger partial charge in [0.25, 0.3) is 0 Å². The molecule has 1 aromatic carbocycles. The third kappa shape index (κ3) is 7.37. The molecule has 1 N–H and O–H groups in total. The van der Waals surface area contributed by atoms with Crippen molar-refractivity contribution in [3.05, 3.63) is 24.3 Å². The van der Waals surface area contributed by atoms with Crippen LogP contribution in [0.4, 0.5) is 5.69 Å². The van der Waals surface area contributed by atoms with Crippen molar-refractivity contribution in [2.75, 3.05) is 17.6 Å². The Balaban J connectivity index is 2.33. The highest BCUT2D eigenvalue weighted by Gasteiger charge is 2.12. The van der Waals surface area contributed by atoms with Crippen molar-refractivity contribution in [1.29, 1.82) is 0 Å². The lowest BCUT2D eigenvalue weighted by Crippen LogP contribution is -2.17. The van der Waals surface area contributed by atoms with Crippen LogP contribution in [0.2, 0.25) is 0 Å². The van der Waals surface area contributed by atoms with E-state index in [0.717, 1.165) is 12.8 Å². The van der Waals surface area contributed by atoms with Crippen LogP contribution in [-0.4, -0.2) is 21.3 Å². The summed E-state index contributed by atoms with van der Waals surface area (Å²) in [6, 6.07) is 7.05. The molecule has 0 aliphatic heterocycles. The van der Waals surface area contributed by atoms with E-state index in [1.165, 1.54) is 32.8 Å². The molecule has 0 spiro atoms. The molecule has 1 aromatic rings. The van der Waals surface area contributed by atoms with E-state index in [1.807, 2.05) is 6.07 Å². The minimum absolute atomic E-state index is 0.166. The van der Waals surface area contributed by atoms with Gasteiger partial charge in [-0.05, 0) is 18.6 Å². The standard InChI is InChI=1S/C16H27NO3S/c1-3-4-5-6-7-8-11-14-21(18,19)17-15-12-9-10-13-16(15)20-2/h9-10,12-13,17H,3-8,11,14H2,1-2H3. The predicted molar refractivity (Wildman–Crippen MR) is 88.4 cm³/mol. The van der Waals surface area contributed by atoms with Crippen LogP contribution in [0.15, 0.2) is 24.3 Å². The molecule has 0 radical (unpaired) electrons. The molecule has 0 bridgehead atoms. The molecule has 0 aromatic heterocycles. The Morgan fingerprint density at radius 2 is 1.62 bits per heavy atom. The summed E-state index contributed by atoms with van der Waals surface area (Å²) in [5.74, 6) is 0.708. The number of ether oxygens (including phenoxy) is 1. The molecule has 21 heavy (non-hydrogen) atoms. The Kier molecular flexibility index (Phi) is 8.20. The van der Waals surface area contributed by atoms with Crippen molar-refractivity contribution in [3.63, 3.8) is 0 Å². The van der Waals surface area contributed by atoms with Crippen LogP contribution in [0.3, 0.4) is 0 Å². The van der Waals surface area contributed by atoms with Crippen molar-refractivity contribution >= 4 is 15.7 Å². The molecule has 0 fully saturated rings. The van der Waals surface area contributed by atoms with Crippen molar-refractivity contribution in [1.82, 2.24) is 0 Å². The van der Waals surface area contributed by atoms with Crippen molar-refractivity contribution < 1.29 is 13.2 Å². The van der Waals surface area contributed by atoms with Crippen LogP contribution in [0.1, 0.15) is 51.9 Å². The van der Waals surface area contributed by atoms with Crippen LogP contribution < -0.4 is 9.46 Å². The molecule has 0 aliphatic rings. The zero-order chi connectivity index (χ0) is 15.6. The maximum absolute atomic E-state index is 12.0. The summed E-state index contributed by atoms with van der Waals surface area (Å²) >= 11 is 0. The van der Waals surface area contributed by atoms with E-state index in [-0.39, 0.29) is 5.75 Å². The quantitative estimate of drug-likeness (QED) is 0.623. The van der Waals surface area contributed by atoms with E-state index in [9.17, 15) is 8.42 Å². The molecule has 0 amide bonds. The van der Waals surface area contributed by atoms with Gasteiger partial charge in [0.15, 0.2) is 0 Å². The van der Waals surface area contributed by atoms with Gasteiger partial charge in [0.2, 0.25) is 10.0 Å². The third-order valence-electron chi connectivity index (χ3n) is 3.39. The summed E-state index contributed by atoms with van der Waals surface area (Å²) in [7, 11) is -1.76. The van der Waals surface area contributed by atoms with Gasteiger partial charge in [0.05, 0.1) is 18.6 Å². The molecule has 0 saturated carbocycles. The highest BCUT2D eigenvalue weighted by Crippen LogP contribution is 2.24. The normalized spacial score (nSPS) is 11.3. The smallest absolute Gasteiger partial charge is 0.232 e. The number of methoxy groups -OCH3 is 1. The Morgan fingerprint density at radius 3 is 2.29 bits per heavy atom. The number of unbranched alkanes of at least 4 members (excludes halogenated alkanes) is 6. The monoisotopic (exact) mass is 313 g/mol. The lowest BCUT2D eigenvalue weighted by molar-refractivity contribution is 0.417. The number of hydrogen-bond donors (Lipinski definition) is 1. The first kappa shape index (κ1) is 17.8. The predicted octanol–water partition coefficient (Wildman–Crippen LogP) is 4.19. The summed E-state index contributed by atoms with van der Waals surface area (Å²) in [4.78, 5) is 0. The van der Waals surface area contributed by atoms with Crippen LogP contribution in [0.25, 0.3) is 0 Å². The number of benzene rings is 1. The SMILES string of the molecule is CCCCCCCCCS(=O)(=O)Nc1ccccc1OC. The lowest BCUT2D eigenvalue weighted by Gasteiger charge is -2.11. The van der Waals surface area contributed by atoms with Crippen LogP contribution >= 0.6 is 0 Å². The van der Waals surface area contributed by atoms with Gasteiger partial charge in [0.1, 0.15) is 5.75 Å². The molecule has 1 rings (SSSR count). The third-order valence-corrected chi connectivity index (χ3v) is 4.75. The van der Waals surface area contributed by atoms with Crippen LogP contribution in [-0.2, 0) is 10.0 Å². The zero-order valence-electron chi connectivity index (χ0n) is 13.1. The molecule has 4 nitrogen and oxygen atoms in total. The molecule has 0 saturated heterocycles. The van der Waals surface area contributed by atoms with Crippen molar-refractivity contribution in [3.8, 4) is 5.75 Å². The summed E-state index contributed by atoms with van der Waals surface area (Å²) in [5.41, 5.74) is 0.503. The zero-order valence-corrected chi connectivity index (χ0v) is 13.9. The average Bonchev–Trinajstić information content (AvgIpc) is 2.46. The minimum atomic E-state index is -3.29. The number of rotatable bonds is 11. The van der Waals surface area contributed by atoms with Crippen LogP contribution in [0, 0.1) is 0 Å². The van der Waals surface area contributed by atoms with E-state index in [0.29, 0.717) is 17.9 Å². The van der Waals surface area contributed by atoms with Gasteiger partial charge in [-0.3, -0.25) is 4.72 Å². The fourth-order valence-electron chi connectivity index (χ4n) is 2.20. The lowest BCUT2D eigenvalue weighted by atomic mass is 10.1. The average molecular weight is 313 g/mol. The highest BCUT2D eigenvalue weighted by molar-refractivity contribution is 7.92. The number of para-hydroxylation sites is 2. The Labute approximate surface area is 129 Å². The van der Waals surface area contributed by atoms with E-state index < -0.39 is 10.0 Å². The second kappa shape index (κ2) is 9.66. The van der Waals surface area contributed by atoms with E-state index in [4.69, 9.17) is 4.74 Å². The molecule has 0 unspecified atom stereocenters. The molecule has 5 heteroatoms. The summed E-state index contributed by atoms with van der Waals surface area (Å²) in [6.07, 6.45) is 7.75. The second-order valence-corrected chi connectivity index (χ2v) is 7.08. The van der Waals surface area contributed by atoms with Gasteiger partial charge in [-0.15, -0.1) is 0 Å². The van der Waals surface area contributed by atoms with Gasteiger partial charge in [0, 0.05) is 0 Å². The number of sulfonamides is 1. The fraction of sp³-hybridized carbons (Fsp3) is 0.625. The summed E-state index contributed by atoms with van der Waals surface area (Å²) in [6.45, 7) is 2.19. The van der Waals surface area contributed by atoms with Gasteiger partial charge >= 0.3 is 0 Å². The molecule has 0 heterocycles. The second-order valence-electron chi connectivity index (χ2n) is 5.24. The topological polar surface area (TPSA) is 55.4 Å².